The monoisotopic (exact) mass is 249 g/mol. The number of nitrogens with zero attached hydrogens (tertiary/aromatic N) is 4. The fourth-order valence-corrected chi connectivity index (χ4v) is 2.12. The molecule has 2 aromatic rings. The Bertz CT molecular complexity index is 535. The van der Waals surface area contributed by atoms with Gasteiger partial charge in [-0.3, -0.25) is 0 Å². The fraction of sp³-hybridized carbons (Fsp3) is 0.545. The van der Waals surface area contributed by atoms with Gasteiger partial charge in [-0.2, -0.15) is 4.98 Å². The van der Waals surface area contributed by atoms with Crippen molar-refractivity contribution in [1.82, 2.24) is 25.0 Å². The molecule has 7 heteroatoms. The van der Waals surface area contributed by atoms with Crippen LogP contribution >= 0.6 is 0 Å². The summed E-state index contributed by atoms with van der Waals surface area (Å²) in [6, 6.07) is 0.0735. The summed E-state index contributed by atoms with van der Waals surface area (Å²) in [4.78, 5) is 8.44. The number of ether oxygens (including phenoxy) is 1. The molecule has 1 aliphatic heterocycles. The van der Waals surface area contributed by atoms with Gasteiger partial charge in [0.15, 0.2) is 0 Å². The van der Waals surface area contributed by atoms with Crippen molar-refractivity contribution in [3.8, 4) is 11.5 Å². The van der Waals surface area contributed by atoms with Crippen LogP contribution in [0.1, 0.15) is 18.4 Å². The Morgan fingerprint density at radius 2 is 2.44 bits per heavy atom. The predicted octanol–water partition coefficient (Wildman–Crippen LogP) is 0.519. The van der Waals surface area contributed by atoms with E-state index < -0.39 is 0 Å². The van der Waals surface area contributed by atoms with Gasteiger partial charge in [0.2, 0.25) is 11.7 Å². The van der Waals surface area contributed by atoms with E-state index in [-0.39, 0.29) is 12.1 Å². The van der Waals surface area contributed by atoms with E-state index in [1.807, 2.05) is 11.6 Å². The first kappa shape index (κ1) is 11.4. The van der Waals surface area contributed by atoms with Crippen molar-refractivity contribution in [1.29, 1.82) is 0 Å². The van der Waals surface area contributed by atoms with Gasteiger partial charge < -0.3 is 19.1 Å². The standard InChI is InChI=1S/C11H15N5O2/c1-16-6-12-5-9(16)10-14-11(18-15-10)8-3-7(17-2)4-13-8/h5-8,13H,3-4H2,1-2H3/t7-,8+/m0/s1. The second-order valence-electron chi connectivity index (χ2n) is 4.40. The van der Waals surface area contributed by atoms with Crippen molar-refractivity contribution in [2.24, 2.45) is 7.05 Å². The minimum Gasteiger partial charge on any atom is -0.380 e. The zero-order valence-corrected chi connectivity index (χ0v) is 10.3. The number of aromatic nitrogens is 4. The second kappa shape index (κ2) is 4.51. The van der Waals surface area contributed by atoms with Crippen molar-refractivity contribution in [3.05, 3.63) is 18.4 Å². The first-order valence-corrected chi connectivity index (χ1v) is 5.84. The van der Waals surface area contributed by atoms with E-state index in [4.69, 9.17) is 9.26 Å². The lowest BCUT2D eigenvalue weighted by atomic mass is 10.2. The molecule has 18 heavy (non-hydrogen) atoms. The zero-order valence-electron chi connectivity index (χ0n) is 10.3. The van der Waals surface area contributed by atoms with Gasteiger partial charge in [0.1, 0.15) is 5.69 Å². The van der Waals surface area contributed by atoms with Crippen LogP contribution in [0.4, 0.5) is 0 Å². The van der Waals surface area contributed by atoms with E-state index >= 15 is 0 Å². The molecule has 1 N–H and O–H groups in total. The smallest absolute Gasteiger partial charge is 0.244 e. The Morgan fingerprint density at radius 1 is 1.56 bits per heavy atom. The molecule has 1 aliphatic rings. The lowest BCUT2D eigenvalue weighted by molar-refractivity contribution is 0.116. The summed E-state index contributed by atoms with van der Waals surface area (Å²) in [5.74, 6) is 1.17. The molecule has 3 rings (SSSR count). The highest BCUT2D eigenvalue weighted by molar-refractivity contribution is 5.47. The van der Waals surface area contributed by atoms with Gasteiger partial charge >= 0.3 is 0 Å². The topological polar surface area (TPSA) is 78.0 Å². The summed E-state index contributed by atoms with van der Waals surface area (Å²) in [5, 5.41) is 7.29. The number of imidazole rings is 1. The van der Waals surface area contributed by atoms with Crippen LogP contribution in [0.2, 0.25) is 0 Å². The number of aryl methyl sites for hydroxylation is 1. The van der Waals surface area contributed by atoms with Gasteiger partial charge in [-0.1, -0.05) is 5.16 Å². The molecule has 2 atom stereocenters. The summed E-state index contributed by atoms with van der Waals surface area (Å²) in [6.07, 6.45) is 4.49. The third-order valence-corrected chi connectivity index (χ3v) is 3.21. The summed E-state index contributed by atoms with van der Waals surface area (Å²) < 4.78 is 12.5. The first-order valence-electron chi connectivity index (χ1n) is 5.84. The maximum Gasteiger partial charge on any atom is 0.244 e. The third-order valence-electron chi connectivity index (χ3n) is 3.21. The Kier molecular flexibility index (Phi) is 2.85. The van der Waals surface area contributed by atoms with Gasteiger partial charge in [-0.05, 0) is 6.42 Å². The lowest BCUT2D eigenvalue weighted by Gasteiger charge is -2.04. The average Bonchev–Trinajstić information content (AvgIpc) is 3.07. The average molecular weight is 249 g/mol. The highest BCUT2D eigenvalue weighted by Gasteiger charge is 2.29. The fourth-order valence-electron chi connectivity index (χ4n) is 2.12. The van der Waals surface area contributed by atoms with Crippen LogP contribution in [-0.2, 0) is 11.8 Å². The second-order valence-corrected chi connectivity index (χ2v) is 4.40. The number of nitrogens with one attached hydrogen (secondary N) is 1. The first-order chi connectivity index (χ1) is 8.78. The molecule has 0 saturated carbocycles. The molecule has 0 unspecified atom stereocenters. The van der Waals surface area contributed by atoms with Gasteiger partial charge in [0.05, 0.1) is 24.7 Å². The van der Waals surface area contributed by atoms with Gasteiger partial charge in [-0.25, -0.2) is 4.98 Å². The molecule has 1 saturated heterocycles. The number of rotatable bonds is 3. The van der Waals surface area contributed by atoms with E-state index in [1.54, 1.807) is 19.6 Å². The van der Waals surface area contributed by atoms with Gasteiger partial charge in [0.25, 0.3) is 0 Å². The number of hydrogen-bond acceptors (Lipinski definition) is 6. The normalized spacial score (nSPS) is 23.7. The van der Waals surface area contributed by atoms with E-state index in [1.165, 1.54) is 0 Å². The van der Waals surface area contributed by atoms with Crippen LogP contribution in [0.25, 0.3) is 11.5 Å². The molecule has 0 amide bonds. The lowest BCUT2D eigenvalue weighted by Crippen LogP contribution is -2.16. The minimum absolute atomic E-state index is 0.0735. The molecular weight excluding hydrogens is 234 g/mol. The summed E-state index contributed by atoms with van der Waals surface area (Å²) >= 11 is 0. The largest absolute Gasteiger partial charge is 0.380 e. The van der Waals surface area contributed by atoms with Crippen molar-refractivity contribution in [2.75, 3.05) is 13.7 Å². The maximum atomic E-state index is 5.30. The molecule has 96 valence electrons. The van der Waals surface area contributed by atoms with E-state index in [2.05, 4.69) is 20.4 Å². The summed E-state index contributed by atoms with van der Waals surface area (Å²) in [7, 11) is 3.61. The van der Waals surface area contributed by atoms with Crippen LogP contribution < -0.4 is 5.32 Å². The Hall–Kier alpha value is -1.73. The van der Waals surface area contributed by atoms with Crippen molar-refractivity contribution in [2.45, 2.75) is 18.6 Å². The van der Waals surface area contributed by atoms with E-state index in [0.29, 0.717) is 11.7 Å². The Morgan fingerprint density at radius 3 is 3.11 bits per heavy atom. The van der Waals surface area contributed by atoms with Crippen LogP contribution in [-0.4, -0.2) is 39.5 Å². The third kappa shape index (κ3) is 1.91. The molecule has 0 aromatic carbocycles. The molecule has 7 nitrogen and oxygen atoms in total. The van der Waals surface area contributed by atoms with Crippen LogP contribution in [0.3, 0.4) is 0 Å². The molecule has 0 aliphatic carbocycles. The molecule has 0 radical (unpaired) electrons. The minimum atomic E-state index is 0.0735. The van der Waals surface area contributed by atoms with Crippen LogP contribution in [0.5, 0.6) is 0 Å². The highest BCUT2D eigenvalue weighted by Crippen LogP contribution is 2.25. The zero-order chi connectivity index (χ0) is 12.5. The van der Waals surface area contributed by atoms with E-state index in [0.717, 1.165) is 18.7 Å². The number of methoxy groups -OCH3 is 1. The Labute approximate surface area is 104 Å². The number of hydrogen-bond donors (Lipinski definition) is 1. The molecule has 1 fully saturated rings. The van der Waals surface area contributed by atoms with Crippen LogP contribution in [0, 0.1) is 0 Å². The Balaban J connectivity index is 1.80. The van der Waals surface area contributed by atoms with Crippen LogP contribution in [0.15, 0.2) is 17.0 Å². The molecule has 0 spiro atoms. The predicted molar refractivity (Wildman–Crippen MR) is 62.7 cm³/mol. The van der Waals surface area contributed by atoms with Crippen molar-refractivity contribution in [3.63, 3.8) is 0 Å². The maximum absolute atomic E-state index is 5.30. The molecular formula is C11H15N5O2. The van der Waals surface area contributed by atoms with E-state index in [9.17, 15) is 0 Å². The molecule has 3 heterocycles. The SMILES string of the molecule is CO[C@@H]1CN[C@@H](c2nc(-c3cncn3C)no2)C1. The van der Waals surface area contributed by atoms with Gasteiger partial charge in [-0.15, -0.1) is 0 Å². The van der Waals surface area contributed by atoms with Crippen molar-refractivity contribution >= 4 is 0 Å². The van der Waals surface area contributed by atoms with Crippen molar-refractivity contribution < 1.29 is 9.26 Å². The van der Waals surface area contributed by atoms with Gasteiger partial charge in [0, 0.05) is 20.7 Å². The quantitative estimate of drug-likeness (QED) is 0.854. The summed E-state index contributed by atoms with van der Waals surface area (Å²) in [5.41, 5.74) is 0.839. The highest BCUT2D eigenvalue weighted by atomic mass is 16.5. The molecule has 2 aromatic heterocycles. The summed E-state index contributed by atoms with van der Waals surface area (Å²) in [6.45, 7) is 0.810. The molecule has 0 bridgehead atoms.